The van der Waals surface area contributed by atoms with E-state index >= 15 is 0 Å². The molecule has 8 heteroatoms. The number of anilines is 1. The maximum atomic E-state index is 12.5. The lowest BCUT2D eigenvalue weighted by Gasteiger charge is -2.34. The Kier molecular flexibility index (Phi) is 6.43. The lowest BCUT2D eigenvalue weighted by atomic mass is 9.91. The second kappa shape index (κ2) is 8.55. The number of likely N-dealkylation sites (tertiary alicyclic amines) is 1. The van der Waals surface area contributed by atoms with Gasteiger partial charge in [-0.15, -0.1) is 0 Å². The molecule has 0 spiro atoms. The Morgan fingerprint density at radius 3 is 2.69 bits per heavy atom. The Balaban J connectivity index is 1.97. The lowest BCUT2D eigenvalue weighted by Crippen LogP contribution is -2.47. The second-order valence-corrected chi connectivity index (χ2v) is 6.82. The minimum absolute atomic E-state index is 0.0890. The molecule has 1 aliphatic rings. The molecule has 1 saturated heterocycles. The number of hydrogen-bond acceptors (Lipinski definition) is 4. The van der Waals surface area contributed by atoms with Gasteiger partial charge in [0, 0.05) is 38.9 Å². The van der Waals surface area contributed by atoms with Crippen molar-refractivity contribution in [2.45, 2.75) is 13.3 Å². The van der Waals surface area contributed by atoms with Gasteiger partial charge in [-0.3, -0.25) is 9.59 Å². The van der Waals surface area contributed by atoms with Gasteiger partial charge in [0.2, 0.25) is 0 Å². The van der Waals surface area contributed by atoms with E-state index in [0.29, 0.717) is 24.4 Å². The van der Waals surface area contributed by atoms with Crippen LogP contribution in [-0.4, -0.2) is 66.6 Å². The van der Waals surface area contributed by atoms with Gasteiger partial charge in [-0.1, -0.05) is 13.0 Å². The summed E-state index contributed by atoms with van der Waals surface area (Å²) < 4.78 is 5.43. The topological polar surface area (TPSA) is 99.2 Å². The highest BCUT2D eigenvalue weighted by Crippen LogP contribution is 2.23. The number of likely N-dealkylation sites (N-methyl/N-ethyl adjacent to an activating group) is 1. The maximum absolute atomic E-state index is 12.5. The molecule has 0 bridgehead atoms. The molecule has 0 saturated carbocycles. The highest BCUT2D eigenvalue weighted by molar-refractivity contribution is 5.90. The molecule has 8 nitrogen and oxygen atoms in total. The number of ether oxygens (including phenoxy) is 1. The van der Waals surface area contributed by atoms with E-state index in [1.54, 1.807) is 38.4 Å². The third kappa shape index (κ3) is 5.37. The molecule has 142 valence electrons. The molecule has 0 aromatic heterocycles. The number of carboxylic acids is 1. The van der Waals surface area contributed by atoms with Crippen LogP contribution in [0.4, 0.5) is 10.5 Å². The summed E-state index contributed by atoms with van der Waals surface area (Å²) in [6, 6.07) is 6.40. The van der Waals surface area contributed by atoms with Crippen LogP contribution in [0.3, 0.4) is 0 Å². The number of carbonyl (C=O) groups is 3. The highest BCUT2D eigenvalue weighted by Gasteiger charge is 2.31. The van der Waals surface area contributed by atoms with Crippen LogP contribution in [0.5, 0.6) is 5.75 Å². The summed E-state index contributed by atoms with van der Waals surface area (Å²) in [4.78, 5) is 38.2. The fourth-order valence-electron chi connectivity index (χ4n) is 2.84. The normalized spacial score (nSPS) is 19.6. The first-order valence-electron chi connectivity index (χ1n) is 8.48. The van der Waals surface area contributed by atoms with Crippen molar-refractivity contribution in [3.8, 4) is 5.75 Å². The Morgan fingerprint density at radius 2 is 2.04 bits per heavy atom. The zero-order chi connectivity index (χ0) is 19.3. The standard InChI is InChI=1S/C18H25N3O5/c1-12-7-13(17(23)24)10-21(9-12)18(25)19-14-5-4-6-15(8-14)26-11-16(22)20(2)3/h4-6,8,12-13H,7,9-11H2,1-3H3,(H,19,25)(H,23,24). The minimum atomic E-state index is -0.879. The quantitative estimate of drug-likeness (QED) is 0.830. The van der Waals surface area contributed by atoms with Crippen LogP contribution in [-0.2, 0) is 9.59 Å². The zero-order valence-corrected chi connectivity index (χ0v) is 15.3. The molecule has 2 rings (SSSR count). The number of benzene rings is 1. The first-order chi connectivity index (χ1) is 12.3. The predicted molar refractivity (Wildman–Crippen MR) is 96.1 cm³/mol. The highest BCUT2D eigenvalue weighted by atomic mass is 16.5. The van der Waals surface area contributed by atoms with Crippen molar-refractivity contribution >= 4 is 23.6 Å². The number of aliphatic carboxylic acids is 1. The van der Waals surface area contributed by atoms with Crippen LogP contribution in [0, 0.1) is 11.8 Å². The summed E-state index contributed by atoms with van der Waals surface area (Å²) in [6.45, 7) is 2.56. The first-order valence-corrected chi connectivity index (χ1v) is 8.48. The van der Waals surface area contributed by atoms with Crippen molar-refractivity contribution in [1.29, 1.82) is 0 Å². The number of rotatable bonds is 5. The fraction of sp³-hybridized carbons (Fsp3) is 0.500. The van der Waals surface area contributed by atoms with Crippen molar-refractivity contribution in [2.75, 3.05) is 39.1 Å². The van der Waals surface area contributed by atoms with E-state index < -0.39 is 11.9 Å². The van der Waals surface area contributed by atoms with Crippen molar-refractivity contribution in [1.82, 2.24) is 9.80 Å². The summed E-state index contributed by atoms with van der Waals surface area (Å²) >= 11 is 0. The van der Waals surface area contributed by atoms with Gasteiger partial charge >= 0.3 is 12.0 Å². The number of urea groups is 1. The zero-order valence-electron chi connectivity index (χ0n) is 15.3. The van der Waals surface area contributed by atoms with Gasteiger partial charge in [0.25, 0.3) is 5.91 Å². The van der Waals surface area contributed by atoms with E-state index in [9.17, 15) is 19.5 Å². The summed E-state index contributed by atoms with van der Waals surface area (Å²) in [6.07, 6.45) is 0.572. The van der Waals surface area contributed by atoms with Crippen molar-refractivity contribution < 1.29 is 24.2 Å². The SMILES string of the molecule is CC1CC(C(=O)O)CN(C(=O)Nc2cccc(OCC(=O)N(C)C)c2)C1. The van der Waals surface area contributed by atoms with Crippen molar-refractivity contribution in [3.63, 3.8) is 0 Å². The van der Waals surface area contributed by atoms with Crippen LogP contribution in [0.15, 0.2) is 24.3 Å². The number of piperidine rings is 1. The average molecular weight is 363 g/mol. The molecular formula is C18H25N3O5. The number of amides is 3. The molecule has 1 aromatic carbocycles. The Morgan fingerprint density at radius 1 is 1.31 bits per heavy atom. The van der Waals surface area contributed by atoms with Crippen molar-refractivity contribution in [2.24, 2.45) is 11.8 Å². The molecule has 1 aliphatic heterocycles. The largest absolute Gasteiger partial charge is 0.484 e. The van der Waals surface area contributed by atoms with Gasteiger partial charge in [0.15, 0.2) is 6.61 Å². The lowest BCUT2D eigenvalue weighted by molar-refractivity contribution is -0.143. The molecule has 2 unspecified atom stereocenters. The summed E-state index contributed by atoms with van der Waals surface area (Å²) in [5.41, 5.74) is 0.523. The summed E-state index contributed by atoms with van der Waals surface area (Å²) in [5, 5.41) is 12.0. The fourth-order valence-corrected chi connectivity index (χ4v) is 2.84. The van der Waals surface area contributed by atoms with E-state index in [0.717, 1.165) is 0 Å². The third-order valence-electron chi connectivity index (χ3n) is 4.24. The smallest absolute Gasteiger partial charge is 0.321 e. The van der Waals surface area contributed by atoms with Crippen LogP contribution in [0.25, 0.3) is 0 Å². The maximum Gasteiger partial charge on any atom is 0.321 e. The molecule has 1 heterocycles. The molecule has 0 radical (unpaired) electrons. The van der Waals surface area contributed by atoms with Gasteiger partial charge < -0.3 is 25.0 Å². The van der Waals surface area contributed by atoms with Gasteiger partial charge in [-0.25, -0.2) is 4.79 Å². The van der Waals surface area contributed by atoms with Crippen LogP contribution < -0.4 is 10.1 Å². The summed E-state index contributed by atoms with van der Waals surface area (Å²) in [5.74, 6) is -0.997. The monoisotopic (exact) mass is 363 g/mol. The number of hydrogen-bond donors (Lipinski definition) is 2. The molecule has 26 heavy (non-hydrogen) atoms. The molecular weight excluding hydrogens is 338 g/mol. The van der Waals surface area contributed by atoms with E-state index in [1.165, 1.54) is 9.80 Å². The van der Waals surface area contributed by atoms with E-state index in [4.69, 9.17) is 4.74 Å². The molecule has 2 atom stereocenters. The van der Waals surface area contributed by atoms with Gasteiger partial charge in [-0.05, 0) is 24.5 Å². The molecule has 0 aliphatic carbocycles. The molecule has 1 fully saturated rings. The van der Waals surface area contributed by atoms with Gasteiger partial charge in [0.05, 0.1) is 5.92 Å². The molecule has 2 N–H and O–H groups in total. The van der Waals surface area contributed by atoms with Gasteiger partial charge in [-0.2, -0.15) is 0 Å². The number of carbonyl (C=O) groups excluding carboxylic acids is 2. The third-order valence-corrected chi connectivity index (χ3v) is 4.24. The second-order valence-electron chi connectivity index (χ2n) is 6.82. The first kappa shape index (κ1) is 19.6. The van der Waals surface area contributed by atoms with Crippen LogP contribution >= 0.6 is 0 Å². The summed E-state index contributed by atoms with van der Waals surface area (Å²) in [7, 11) is 3.29. The number of nitrogens with one attached hydrogen (secondary N) is 1. The number of carboxylic acid groups (broad SMARTS) is 1. The minimum Gasteiger partial charge on any atom is -0.484 e. The number of nitrogens with zero attached hydrogens (tertiary/aromatic N) is 2. The van der Waals surface area contributed by atoms with Crippen LogP contribution in [0.2, 0.25) is 0 Å². The Labute approximate surface area is 152 Å². The average Bonchev–Trinajstić information content (AvgIpc) is 2.59. The molecule has 1 aromatic rings. The van der Waals surface area contributed by atoms with E-state index in [1.807, 2.05) is 6.92 Å². The van der Waals surface area contributed by atoms with Gasteiger partial charge in [0.1, 0.15) is 5.75 Å². The Hall–Kier alpha value is -2.77. The molecule has 3 amide bonds. The van der Waals surface area contributed by atoms with E-state index in [-0.39, 0.29) is 31.0 Å². The van der Waals surface area contributed by atoms with E-state index in [2.05, 4.69) is 5.32 Å². The van der Waals surface area contributed by atoms with Crippen LogP contribution in [0.1, 0.15) is 13.3 Å². The Bertz CT molecular complexity index is 677. The predicted octanol–water partition coefficient (Wildman–Crippen LogP) is 1.73. The van der Waals surface area contributed by atoms with Crippen molar-refractivity contribution in [3.05, 3.63) is 24.3 Å².